The summed E-state index contributed by atoms with van der Waals surface area (Å²) in [4.78, 5) is 2.25. The molecule has 2 atom stereocenters. The molecule has 0 bridgehead atoms. The van der Waals surface area contributed by atoms with E-state index in [-0.39, 0.29) is 6.10 Å². The quantitative estimate of drug-likeness (QED) is 0.814. The third-order valence-electron chi connectivity index (χ3n) is 3.38. The molecule has 0 aromatic heterocycles. The van der Waals surface area contributed by atoms with Gasteiger partial charge in [-0.1, -0.05) is 45.4 Å². The number of aliphatic hydroxyl groups excluding tert-OH is 1. The van der Waals surface area contributed by atoms with Crippen LogP contribution in [0, 0.1) is 5.92 Å². The topological polar surface area (TPSA) is 23.5 Å². The van der Waals surface area contributed by atoms with Crippen molar-refractivity contribution in [1.29, 1.82) is 0 Å². The van der Waals surface area contributed by atoms with E-state index >= 15 is 0 Å². The van der Waals surface area contributed by atoms with Gasteiger partial charge in [-0.05, 0) is 18.4 Å². The largest absolute Gasteiger partial charge is 0.388 e. The molecule has 0 saturated carbocycles. The summed E-state index contributed by atoms with van der Waals surface area (Å²) < 4.78 is 0. The molecule has 0 spiro atoms. The van der Waals surface area contributed by atoms with Gasteiger partial charge in [-0.25, -0.2) is 0 Å². The Bertz CT molecular complexity index is 337. The zero-order valence-electron chi connectivity index (χ0n) is 11.5. The van der Waals surface area contributed by atoms with Crippen molar-refractivity contribution in [2.45, 2.75) is 39.7 Å². The SMILES string of the molecule is CCC(C)CN(C)c1ccccc1[C@@H](O)CC. The molecular formula is C15H25NO. The highest BCUT2D eigenvalue weighted by atomic mass is 16.3. The molecule has 1 rings (SSSR count). The van der Waals surface area contributed by atoms with Crippen molar-refractivity contribution >= 4 is 5.69 Å². The van der Waals surface area contributed by atoms with Crippen LogP contribution in [0.3, 0.4) is 0 Å². The van der Waals surface area contributed by atoms with E-state index in [1.807, 2.05) is 25.1 Å². The van der Waals surface area contributed by atoms with Gasteiger partial charge in [0.2, 0.25) is 0 Å². The highest BCUT2D eigenvalue weighted by Gasteiger charge is 2.14. The lowest BCUT2D eigenvalue weighted by molar-refractivity contribution is 0.174. The zero-order chi connectivity index (χ0) is 12.8. The van der Waals surface area contributed by atoms with Crippen molar-refractivity contribution in [3.63, 3.8) is 0 Å². The molecule has 0 aliphatic carbocycles. The smallest absolute Gasteiger partial charge is 0.0807 e. The molecule has 0 saturated heterocycles. The molecule has 2 heteroatoms. The maximum atomic E-state index is 10.0. The molecule has 0 aliphatic rings. The molecule has 0 heterocycles. The van der Waals surface area contributed by atoms with E-state index in [2.05, 4.69) is 31.9 Å². The van der Waals surface area contributed by atoms with Crippen LogP contribution in [-0.2, 0) is 0 Å². The van der Waals surface area contributed by atoms with Gasteiger partial charge in [0.05, 0.1) is 6.10 Å². The van der Waals surface area contributed by atoms with Gasteiger partial charge in [-0.3, -0.25) is 0 Å². The van der Waals surface area contributed by atoms with Crippen LogP contribution in [0.1, 0.15) is 45.3 Å². The highest BCUT2D eigenvalue weighted by molar-refractivity contribution is 5.54. The normalized spacial score (nSPS) is 14.4. The minimum atomic E-state index is -0.356. The summed E-state index contributed by atoms with van der Waals surface area (Å²) in [6, 6.07) is 8.15. The molecule has 0 radical (unpaired) electrons. The summed E-state index contributed by atoms with van der Waals surface area (Å²) in [5.74, 6) is 0.673. The predicted octanol–water partition coefficient (Wildman–Crippen LogP) is 3.61. The van der Waals surface area contributed by atoms with Crippen LogP contribution in [0.5, 0.6) is 0 Å². The van der Waals surface area contributed by atoms with E-state index in [0.29, 0.717) is 5.92 Å². The van der Waals surface area contributed by atoms with Crippen molar-refractivity contribution in [1.82, 2.24) is 0 Å². The van der Waals surface area contributed by atoms with E-state index in [9.17, 15) is 5.11 Å². The first-order valence-electron chi connectivity index (χ1n) is 6.58. The molecule has 1 N–H and O–H groups in total. The van der Waals surface area contributed by atoms with Gasteiger partial charge >= 0.3 is 0 Å². The molecular weight excluding hydrogens is 210 g/mol. The second kappa shape index (κ2) is 6.65. The molecule has 2 nitrogen and oxygen atoms in total. The van der Waals surface area contributed by atoms with Crippen molar-refractivity contribution < 1.29 is 5.11 Å². The number of hydrogen-bond donors (Lipinski definition) is 1. The van der Waals surface area contributed by atoms with Gasteiger partial charge in [0.1, 0.15) is 0 Å². The van der Waals surface area contributed by atoms with Crippen LogP contribution in [0.4, 0.5) is 5.69 Å². The monoisotopic (exact) mass is 235 g/mol. The summed E-state index contributed by atoms with van der Waals surface area (Å²) in [5.41, 5.74) is 2.20. The van der Waals surface area contributed by atoms with Crippen molar-refractivity contribution in [2.75, 3.05) is 18.5 Å². The van der Waals surface area contributed by atoms with E-state index < -0.39 is 0 Å². The molecule has 0 aliphatic heterocycles. The molecule has 17 heavy (non-hydrogen) atoms. The Balaban J connectivity index is 2.88. The number of hydrogen-bond acceptors (Lipinski definition) is 2. The number of benzene rings is 1. The lowest BCUT2D eigenvalue weighted by Gasteiger charge is -2.26. The van der Waals surface area contributed by atoms with E-state index in [1.165, 1.54) is 6.42 Å². The van der Waals surface area contributed by atoms with Gasteiger partial charge in [0.25, 0.3) is 0 Å². The number of rotatable bonds is 6. The van der Waals surface area contributed by atoms with Crippen LogP contribution in [0.15, 0.2) is 24.3 Å². The number of para-hydroxylation sites is 1. The average molecular weight is 235 g/mol. The Hall–Kier alpha value is -1.02. The molecule has 0 amide bonds. The Kier molecular flexibility index (Phi) is 5.49. The molecule has 0 fully saturated rings. The summed E-state index contributed by atoms with van der Waals surface area (Å²) in [5, 5.41) is 10.0. The predicted molar refractivity (Wildman–Crippen MR) is 74.4 cm³/mol. The van der Waals surface area contributed by atoms with Crippen LogP contribution in [0.25, 0.3) is 0 Å². The van der Waals surface area contributed by atoms with Gasteiger partial charge in [-0.15, -0.1) is 0 Å². The summed E-state index contributed by atoms with van der Waals surface area (Å²) in [7, 11) is 2.10. The Morgan fingerprint density at radius 2 is 1.82 bits per heavy atom. The second-order valence-corrected chi connectivity index (χ2v) is 4.88. The van der Waals surface area contributed by atoms with E-state index in [0.717, 1.165) is 24.2 Å². The fraction of sp³-hybridized carbons (Fsp3) is 0.600. The number of anilines is 1. The molecule has 96 valence electrons. The van der Waals surface area contributed by atoms with Crippen LogP contribution in [-0.4, -0.2) is 18.7 Å². The zero-order valence-corrected chi connectivity index (χ0v) is 11.5. The number of aliphatic hydroxyl groups is 1. The van der Waals surface area contributed by atoms with E-state index in [1.54, 1.807) is 0 Å². The number of nitrogens with zero attached hydrogens (tertiary/aromatic N) is 1. The van der Waals surface area contributed by atoms with Crippen LogP contribution >= 0.6 is 0 Å². The Morgan fingerprint density at radius 1 is 1.18 bits per heavy atom. The minimum absolute atomic E-state index is 0.356. The van der Waals surface area contributed by atoms with E-state index in [4.69, 9.17) is 0 Å². The van der Waals surface area contributed by atoms with Crippen LogP contribution < -0.4 is 4.90 Å². The van der Waals surface area contributed by atoms with Crippen molar-refractivity contribution in [2.24, 2.45) is 5.92 Å². The van der Waals surface area contributed by atoms with Gasteiger partial charge in [0, 0.05) is 24.8 Å². The van der Waals surface area contributed by atoms with Crippen molar-refractivity contribution in [3.8, 4) is 0 Å². The Labute approximate surface area is 105 Å². The standard InChI is InChI=1S/C15H25NO/c1-5-12(3)11-16(4)14-10-8-7-9-13(14)15(17)6-2/h7-10,12,15,17H,5-6,11H2,1-4H3/t12?,15-/m0/s1. The van der Waals surface area contributed by atoms with Crippen LogP contribution in [0.2, 0.25) is 0 Å². The third-order valence-corrected chi connectivity index (χ3v) is 3.38. The van der Waals surface area contributed by atoms with Crippen molar-refractivity contribution in [3.05, 3.63) is 29.8 Å². The fourth-order valence-electron chi connectivity index (χ4n) is 2.03. The first-order chi connectivity index (χ1) is 8.10. The highest BCUT2D eigenvalue weighted by Crippen LogP contribution is 2.27. The first kappa shape index (κ1) is 14.0. The first-order valence-corrected chi connectivity index (χ1v) is 6.58. The van der Waals surface area contributed by atoms with Gasteiger partial charge in [0.15, 0.2) is 0 Å². The average Bonchev–Trinajstić information content (AvgIpc) is 2.37. The fourth-order valence-corrected chi connectivity index (χ4v) is 2.03. The molecule has 1 aromatic carbocycles. The minimum Gasteiger partial charge on any atom is -0.388 e. The summed E-state index contributed by atoms with van der Waals surface area (Å²) in [6.07, 6.45) is 1.59. The van der Waals surface area contributed by atoms with Gasteiger partial charge < -0.3 is 10.0 Å². The second-order valence-electron chi connectivity index (χ2n) is 4.88. The molecule has 1 unspecified atom stereocenters. The lowest BCUT2D eigenvalue weighted by Crippen LogP contribution is -2.25. The summed E-state index contributed by atoms with van der Waals surface area (Å²) >= 11 is 0. The molecule has 1 aromatic rings. The third kappa shape index (κ3) is 3.74. The maximum absolute atomic E-state index is 10.0. The summed E-state index contributed by atoms with van der Waals surface area (Å²) in [6.45, 7) is 7.51. The Morgan fingerprint density at radius 3 is 2.41 bits per heavy atom. The lowest BCUT2D eigenvalue weighted by atomic mass is 10.0. The maximum Gasteiger partial charge on any atom is 0.0807 e. The van der Waals surface area contributed by atoms with Gasteiger partial charge in [-0.2, -0.15) is 0 Å².